The van der Waals surface area contributed by atoms with E-state index in [4.69, 9.17) is 4.42 Å². The number of fused-ring (bicyclic) bond motifs is 1. The van der Waals surface area contributed by atoms with Gasteiger partial charge in [0.1, 0.15) is 5.76 Å². The second-order valence-corrected chi connectivity index (χ2v) is 7.87. The molecule has 6 heteroatoms. The molecule has 0 saturated carbocycles. The van der Waals surface area contributed by atoms with E-state index in [0.29, 0.717) is 4.90 Å². The van der Waals surface area contributed by atoms with Crippen molar-refractivity contribution in [2.75, 3.05) is 0 Å². The van der Waals surface area contributed by atoms with Crippen molar-refractivity contribution in [1.29, 1.82) is 0 Å². The molecular formula is C15H16BrNO3S. The maximum absolute atomic E-state index is 12.6. The summed E-state index contributed by atoms with van der Waals surface area (Å²) in [6.07, 6.45) is 4.21. The molecule has 1 aliphatic rings. The molecule has 1 N–H and O–H groups in total. The van der Waals surface area contributed by atoms with Crippen molar-refractivity contribution in [3.8, 4) is 0 Å². The van der Waals surface area contributed by atoms with E-state index in [0.717, 1.165) is 40.6 Å². The lowest BCUT2D eigenvalue weighted by Crippen LogP contribution is -2.31. The number of furan rings is 1. The van der Waals surface area contributed by atoms with E-state index in [9.17, 15) is 8.42 Å². The van der Waals surface area contributed by atoms with E-state index < -0.39 is 10.0 Å². The zero-order chi connectivity index (χ0) is 15.0. The first-order valence-electron chi connectivity index (χ1n) is 6.82. The van der Waals surface area contributed by atoms with Gasteiger partial charge in [-0.1, -0.05) is 22.0 Å². The summed E-state index contributed by atoms with van der Waals surface area (Å²) in [7, 11) is -3.56. The fourth-order valence-electron chi connectivity index (χ4n) is 2.72. The van der Waals surface area contributed by atoms with E-state index in [-0.39, 0.29) is 6.04 Å². The summed E-state index contributed by atoms with van der Waals surface area (Å²) in [5, 5.41) is 0. The summed E-state index contributed by atoms with van der Waals surface area (Å²) >= 11 is 3.33. The number of benzene rings is 1. The smallest absolute Gasteiger partial charge is 0.241 e. The topological polar surface area (TPSA) is 59.3 Å². The zero-order valence-electron chi connectivity index (χ0n) is 11.6. The lowest BCUT2D eigenvalue weighted by Gasteiger charge is -2.23. The van der Waals surface area contributed by atoms with E-state index in [1.807, 2.05) is 12.1 Å². The van der Waals surface area contributed by atoms with Crippen LogP contribution in [-0.4, -0.2) is 8.42 Å². The van der Waals surface area contributed by atoms with Gasteiger partial charge in [-0.05, 0) is 43.5 Å². The van der Waals surface area contributed by atoms with Crippen LogP contribution < -0.4 is 4.72 Å². The van der Waals surface area contributed by atoms with E-state index in [1.165, 1.54) is 0 Å². The first-order valence-corrected chi connectivity index (χ1v) is 9.10. The molecule has 4 nitrogen and oxygen atoms in total. The number of nitrogens with one attached hydrogen (secondary N) is 1. The molecule has 1 aliphatic carbocycles. The molecule has 0 radical (unpaired) electrons. The quantitative estimate of drug-likeness (QED) is 0.896. The van der Waals surface area contributed by atoms with Gasteiger partial charge >= 0.3 is 0 Å². The molecule has 1 aromatic carbocycles. The fourth-order valence-corrected chi connectivity index (χ4v) is 4.76. The van der Waals surface area contributed by atoms with E-state index in [2.05, 4.69) is 20.7 Å². The first-order chi connectivity index (χ1) is 9.97. The van der Waals surface area contributed by atoms with Crippen LogP contribution in [0.5, 0.6) is 0 Å². The summed E-state index contributed by atoms with van der Waals surface area (Å²) in [4.78, 5) is 0.312. The number of halogens is 1. The van der Waals surface area contributed by atoms with Crippen LogP contribution in [0.15, 0.2) is 44.3 Å². The van der Waals surface area contributed by atoms with Gasteiger partial charge in [-0.3, -0.25) is 0 Å². The van der Waals surface area contributed by atoms with Crippen LogP contribution in [0, 0.1) is 6.92 Å². The Hall–Kier alpha value is -1.11. The van der Waals surface area contributed by atoms with Crippen molar-refractivity contribution in [3.63, 3.8) is 0 Å². The highest BCUT2D eigenvalue weighted by Crippen LogP contribution is 2.32. The van der Waals surface area contributed by atoms with Gasteiger partial charge in [0, 0.05) is 16.5 Å². The number of hydrogen-bond donors (Lipinski definition) is 1. The minimum absolute atomic E-state index is 0.212. The Morgan fingerprint density at radius 1 is 1.33 bits per heavy atom. The van der Waals surface area contributed by atoms with Crippen molar-refractivity contribution in [3.05, 3.63) is 51.9 Å². The van der Waals surface area contributed by atoms with Crippen molar-refractivity contribution < 1.29 is 12.8 Å². The Kier molecular flexibility index (Phi) is 3.94. The number of sulfonamides is 1. The van der Waals surface area contributed by atoms with Crippen LogP contribution in [-0.2, 0) is 16.4 Å². The van der Waals surface area contributed by atoms with Gasteiger partial charge in [-0.2, -0.15) is 0 Å². The van der Waals surface area contributed by atoms with Crippen LogP contribution in [0.1, 0.15) is 35.8 Å². The number of rotatable bonds is 3. The fraction of sp³-hybridized carbons (Fsp3) is 0.333. The summed E-state index contributed by atoms with van der Waals surface area (Å²) < 4.78 is 34.3. The summed E-state index contributed by atoms with van der Waals surface area (Å²) in [6.45, 7) is 1.80. The highest BCUT2D eigenvalue weighted by atomic mass is 79.9. The second-order valence-electron chi connectivity index (χ2n) is 5.28. The van der Waals surface area contributed by atoms with Crippen LogP contribution in [0.2, 0.25) is 0 Å². The zero-order valence-corrected chi connectivity index (χ0v) is 14.0. The van der Waals surface area contributed by atoms with Crippen LogP contribution >= 0.6 is 15.9 Å². The minimum Gasteiger partial charge on any atom is -0.469 e. The molecule has 112 valence electrons. The average molecular weight is 370 g/mol. The molecule has 0 spiro atoms. The monoisotopic (exact) mass is 369 g/mol. The molecule has 0 aliphatic heterocycles. The molecule has 1 unspecified atom stereocenters. The third kappa shape index (κ3) is 2.93. The third-order valence-corrected chi connectivity index (χ3v) is 5.90. The largest absolute Gasteiger partial charge is 0.469 e. The highest BCUT2D eigenvalue weighted by molar-refractivity contribution is 9.10. The first kappa shape index (κ1) is 14.8. The molecule has 3 rings (SSSR count). The van der Waals surface area contributed by atoms with Crippen LogP contribution in [0.4, 0.5) is 0 Å². The molecule has 0 saturated heterocycles. The van der Waals surface area contributed by atoms with Gasteiger partial charge in [-0.25, -0.2) is 13.1 Å². The Balaban J connectivity index is 1.93. The second kappa shape index (κ2) is 5.59. The van der Waals surface area contributed by atoms with Crippen molar-refractivity contribution in [2.45, 2.75) is 37.1 Å². The van der Waals surface area contributed by atoms with E-state index in [1.54, 1.807) is 25.3 Å². The highest BCUT2D eigenvalue weighted by Gasteiger charge is 2.28. The summed E-state index contributed by atoms with van der Waals surface area (Å²) in [5.74, 6) is 0.889. The lowest BCUT2D eigenvalue weighted by atomic mass is 9.94. The molecule has 1 heterocycles. The molecule has 0 bridgehead atoms. The van der Waals surface area contributed by atoms with Crippen molar-refractivity contribution >= 4 is 26.0 Å². The molecule has 0 fully saturated rings. The lowest BCUT2D eigenvalue weighted by molar-refractivity contribution is 0.438. The van der Waals surface area contributed by atoms with Gasteiger partial charge in [0.2, 0.25) is 10.0 Å². The van der Waals surface area contributed by atoms with Gasteiger partial charge in [-0.15, -0.1) is 0 Å². The van der Waals surface area contributed by atoms with Gasteiger partial charge < -0.3 is 4.42 Å². The maximum Gasteiger partial charge on any atom is 0.241 e. The molecule has 0 amide bonds. The van der Waals surface area contributed by atoms with Gasteiger partial charge in [0.05, 0.1) is 17.2 Å². The average Bonchev–Trinajstić information content (AvgIpc) is 2.90. The van der Waals surface area contributed by atoms with Gasteiger partial charge in [0.15, 0.2) is 0 Å². The number of aryl methyl sites for hydroxylation is 2. The van der Waals surface area contributed by atoms with Crippen molar-refractivity contribution in [2.24, 2.45) is 0 Å². The van der Waals surface area contributed by atoms with Crippen molar-refractivity contribution in [1.82, 2.24) is 4.72 Å². The molecule has 21 heavy (non-hydrogen) atoms. The minimum atomic E-state index is -3.56. The van der Waals surface area contributed by atoms with Crippen LogP contribution in [0.3, 0.4) is 0 Å². The maximum atomic E-state index is 12.6. The van der Waals surface area contributed by atoms with Crippen LogP contribution in [0.25, 0.3) is 0 Å². The SMILES string of the molecule is Cc1ccc(Br)cc1S(=O)(=O)NC1CCCc2occc21. The predicted octanol–water partition coefficient (Wildman–Crippen LogP) is 3.71. The summed E-state index contributed by atoms with van der Waals surface area (Å²) in [5.41, 5.74) is 1.69. The Morgan fingerprint density at radius 3 is 2.95 bits per heavy atom. The standard InChI is InChI=1S/C15H16BrNO3S/c1-10-5-6-11(16)9-15(10)21(18,19)17-13-3-2-4-14-12(13)7-8-20-14/h5-9,13,17H,2-4H2,1H3. The van der Waals surface area contributed by atoms with E-state index >= 15 is 0 Å². The molecule has 1 atom stereocenters. The Labute approximate surface area is 132 Å². The predicted molar refractivity (Wildman–Crippen MR) is 83.6 cm³/mol. The summed E-state index contributed by atoms with van der Waals surface area (Å²) in [6, 6.07) is 6.91. The molecule has 2 aromatic rings. The van der Waals surface area contributed by atoms with Gasteiger partial charge in [0.25, 0.3) is 0 Å². The Bertz CT molecular complexity index is 767. The Morgan fingerprint density at radius 2 is 2.14 bits per heavy atom. The number of hydrogen-bond acceptors (Lipinski definition) is 3. The normalized spacial score (nSPS) is 18.5. The molecular weight excluding hydrogens is 354 g/mol. The third-order valence-electron chi connectivity index (χ3n) is 3.79. The molecule has 1 aromatic heterocycles.